The third-order valence-electron chi connectivity index (χ3n) is 5.87. The molecular formula is C21H24BrN5O2S. The van der Waals surface area contributed by atoms with Crippen molar-refractivity contribution in [2.75, 3.05) is 12.5 Å². The molecule has 5 rings (SSSR count). The number of anilines is 1. The van der Waals surface area contributed by atoms with Crippen molar-refractivity contribution in [2.45, 2.75) is 61.5 Å². The molecule has 158 valence electrons. The van der Waals surface area contributed by atoms with E-state index in [4.69, 9.17) is 20.2 Å². The summed E-state index contributed by atoms with van der Waals surface area (Å²) < 4.78 is 14.1. The second-order valence-corrected chi connectivity index (χ2v) is 9.72. The summed E-state index contributed by atoms with van der Waals surface area (Å²) >= 11 is 5.22. The molecule has 2 aliphatic rings. The molecule has 3 aromatic rings. The number of nitrogens with zero attached hydrogens (tertiary/aromatic N) is 4. The van der Waals surface area contributed by atoms with Gasteiger partial charge in [0.2, 0.25) is 6.79 Å². The minimum Gasteiger partial charge on any atom is -0.454 e. The monoisotopic (exact) mass is 489 g/mol. The number of aryl methyl sites for hydroxylation is 1. The lowest BCUT2D eigenvalue weighted by atomic mass is 9.86. The average Bonchev–Trinajstić information content (AvgIpc) is 3.34. The quantitative estimate of drug-likeness (QED) is 0.494. The molecule has 1 saturated carbocycles. The minimum atomic E-state index is 0.252. The summed E-state index contributed by atoms with van der Waals surface area (Å²) in [5.74, 6) is 2.77. The number of nitrogen functional groups attached to an aromatic ring is 1. The van der Waals surface area contributed by atoms with Crippen LogP contribution >= 0.6 is 27.7 Å². The predicted octanol–water partition coefficient (Wildman–Crippen LogP) is 5.41. The van der Waals surface area contributed by atoms with Crippen LogP contribution in [0.25, 0.3) is 11.2 Å². The Morgan fingerprint density at radius 1 is 1.13 bits per heavy atom. The number of imidazole rings is 1. The first-order valence-electron chi connectivity index (χ1n) is 10.4. The van der Waals surface area contributed by atoms with Gasteiger partial charge in [-0.2, -0.15) is 0 Å². The van der Waals surface area contributed by atoms with Crippen molar-refractivity contribution >= 4 is 44.7 Å². The minimum absolute atomic E-state index is 0.252. The Labute approximate surface area is 187 Å². The zero-order valence-electron chi connectivity index (χ0n) is 16.6. The van der Waals surface area contributed by atoms with Crippen LogP contribution in [0.5, 0.6) is 11.5 Å². The highest BCUT2D eigenvalue weighted by Gasteiger charge is 2.21. The summed E-state index contributed by atoms with van der Waals surface area (Å²) in [4.78, 5) is 14.4. The van der Waals surface area contributed by atoms with Gasteiger partial charge in [0.25, 0.3) is 0 Å². The molecule has 1 aliphatic heterocycles. The summed E-state index contributed by atoms with van der Waals surface area (Å²) in [5, 5.41) is 0.861. The van der Waals surface area contributed by atoms with Crippen LogP contribution in [0.15, 0.2) is 33.0 Å². The van der Waals surface area contributed by atoms with Crippen LogP contribution < -0.4 is 15.2 Å². The molecule has 2 N–H and O–H groups in total. The van der Waals surface area contributed by atoms with Gasteiger partial charge in [-0.15, -0.1) is 0 Å². The molecule has 1 aliphatic carbocycles. The van der Waals surface area contributed by atoms with E-state index in [1.807, 2.05) is 12.1 Å². The molecule has 0 saturated heterocycles. The maximum Gasteiger partial charge on any atom is 0.231 e. The summed E-state index contributed by atoms with van der Waals surface area (Å²) in [6, 6.07) is 3.92. The Balaban J connectivity index is 1.42. The lowest BCUT2D eigenvalue weighted by Gasteiger charge is -2.21. The molecule has 2 aromatic heterocycles. The Hall–Kier alpha value is -2.00. The van der Waals surface area contributed by atoms with Crippen LogP contribution in [-0.2, 0) is 6.54 Å². The van der Waals surface area contributed by atoms with E-state index in [0.29, 0.717) is 11.3 Å². The molecule has 1 aromatic carbocycles. The van der Waals surface area contributed by atoms with Crippen molar-refractivity contribution in [3.63, 3.8) is 0 Å². The van der Waals surface area contributed by atoms with Crippen LogP contribution in [-0.4, -0.2) is 26.3 Å². The predicted molar refractivity (Wildman–Crippen MR) is 120 cm³/mol. The van der Waals surface area contributed by atoms with Crippen molar-refractivity contribution in [1.29, 1.82) is 0 Å². The van der Waals surface area contributed by atoms with Crippen molar-refractivity contribution < 1.29 is 9.47 Å². The lowest BCUT2D eigenvalue weighted by molar-refractivity contribution is 0.174. The molecule has 0 unspecified atom stereocenters. The molecule has 9 heteroatoms. The van der Waals surface area contributed by atoms with E-state index in [0.717, 1.165) is 50.6 Å². The smallest absolute Gasteiger partial charge is 0.231 e. The first-order valence-corrected chi connectivity index (χ1v) is 12.0. The Morgan fingerprint density at radius 3 is 2.77 bits per heavy atom. The number of aromatic nitrogens is 4. The number of hydrogen-bond acceptors (Lipinski definition) is 7. The zero-order valence-corrected chi connectivity index (χ0v) is 19.0. The standard InChI is InChI=1S/C21H24BrN5O2S/c22-14-9-15-16(29-12-28-15)10-17(14)30-21-26-18-19(23)24-11-25-20(18)27(21)8-4-7-13-5-2-1-3-6-13/h9-11,13H,1-8,12H2,(H2,23,24,25). The number of nitrogens with two attached hydrogens (primary N) is 1. The second kappa shape index (κ2) is 8.63. The van der Waals surface area contributed by atoms with E-state index >= 15 is 0 Å². The van der Waals surface area contributed by atoms with Crippen LogP contribution in [0.4, 0.5) is 5.82 Å². The highest BCUT2D eigenvalue weighted by Crippen LogP contribution is 2.43. The van der Waals surface area contributed by atoms with Crippen molar-refractivity contribution in [3.05, 3.63) is 22.9 Å². The van der Waals surface area contributed by atoms with Gasteiger partial charge in [0.05, 0.1) is 0 Å². The first-order chi connectivity index (χ1) is 14.7. The third kappa shape index (κ3) is 3.97. The fourth-order valence-corrected chi connectivity index (χ4v) is 5.81. The first kappa shape index (κ1) is 19.9. The molecule has 0 bridgehead atoms. The zero-order chi connectivity index (χ0) is 20.5. The van der Waals surface area contributed by atoms with E-state index < -0.39 is 0 Å². The van der Waals surface area contributed by atoms with Crippen molar-refractivity contribution in [2.24, 2.45) is 5.92 Å². The molecule has 0 atom stereocenters. The molecule has 0 radical (unpaired) electrons. The van der Waals surface area contributed by atoms with Crippen LogP contribution in [0.3, 0.4) is 0 Å². The van der Waals surface area contributed by atoms with Crippen LogP contribution in [0.1, 0.15) is 44.9 Å². The number of ether oxygens (including phenoxy) is 2. The largest absolute Gasteiger partial charge is 0.454 e. The van der Waals surface area contributed by atoms with E-state index in [1.54, 1.807) is 11.8 Å². The van der Waals surface area contributed by atoms with Gasteiger partial charge in [-0.05, 0) is 46.8 Å². The van der Waals surface area contributed by atoms with Gasteiger partial charge in [-0.1, -0.05) is 43.9 Å². The van der Waals surface area contributed by atoms with E-state index in [-0.39, 0.29) is 6.79 Å². The van der Waals surface area contributed by atoms with E-state index in [1.165, 1.54) is 44.9 Å². The van der Waals surface area contributed by atoms with Gasteiger partial charge in [0, 0.05) is 15.9 Å². The lowest BCUT2D eigenvalue weighted by Crippen LogP contribution is -2.08. The third-order valence-corrected chi connectivity index (χ3v) is 7.84. The fraction of sp³-hybridized carbons (Fsp3) is 0.476. The Morgan fingerprint density at radius 2 is 1.93 bits per heavy atom. The number of hydrogen-bond donors (Lipinski definition) is 1. The van der Waals surface area contributed by atoms with Gasteiger partial charge >= 0.3 is 0 Å². The molecular weight excluding hydrogens is 466 g/mol. The maximum absolute atomic E-state index is 6.10. The summed E-state index contributed by atoms with van der Waals surface area (Å²) in [5.41, 5.74) is 7.56. The van der Waals surface area contributed by atoms with Gasteiger partial charge < -0.3 is 19.8 Å². The summed E-state index contributed by atoms with van der Waals surface area (Å²) in [6.07, 6.45) is 10.8. The van der Waals surface area contributed by atoms with Gasteiger partial charge in [0.15, 0.2) is 33.6 Å². The average molecular weight is 490 g/mol. The Kier molecular flexibility index (Phi) is 5.73. The molecule has 3 heterocycles. The number of halogens is 1. The van der Waals surface area contributed by atoms with E-state index in [2.05, 4.69) is 30.5 Å². The fourth-order valence-electron chi connectivity index (χ4n) is 4.30. The van der Waals surface area contributed by atoms with Crippen LogP contribution in [0, 0.1) is 5.92 Å². The van der Waals surface area contributed by atoms with Crippen molar-refractivity contribution in [3.8, 4) is 11.5 Å². The SMILES string of the molecule is Nc1ncnc2c1nc(Sc1cc3c(cc1Br)OCO3)n2CCCC1CCCCC1. The van der Waals surface area contributed by atoms with Gasteiger partial charge in [0.1, 0.15) is 6.33 Å². The molecule has 1 fully saturated rings. The van der Waals surface area contributed by atoms with Gasteiger partial charge in [-0.3, -0.25) is 0 Å². The molecule has 0 amide bonds. The normalized spacial score (nSPS) is 16.4. The Bertz CT molecular complexity index is 1070. The molecule has 0 spiro atoms. The summed E-state index contributed by atoms with van der Waals surface area (Å²) in [6.45, 7) is 1.12. The highest BCUT2D eigenvalue weighted by atomic mass is 79.9. The number of rotatable bonds is 6. The van der Waals surface area contributed by atoms with E-state index in [9.17, 15) is 0 Å². The van der Waals surface area contributed by atoms with Crippen molar-refractivity contribution in [1.82, 2.24) is 19.5 Å². The van der Waals surface area contributed by atoms with Gasteiger partial charge in [-0.25, -0.2) is 15.0 Å². The highest BCUT2D eigenvalue weighted by molar-refractivity contribution is 9.10. The second-order valence-electron chi connectivity index (χ2n) is 7.86. The number of benzene rings is 1. The topological polar surface area (TPSA) is 88.1 Å². The summed E-state index contributed by atoms with van der Waals surface area (Å²) in [7, 11) is 0. The molecule has 30 heavy (non-hydrogen) atoms. The maximum atomic E-state index is 6.10. The van der Waals surface area contributed by atoms with Crippen LogP contribution in [0.2, 0.25) is 0 Å². The molecule has 7 nitrogen and oxygen atoms in total. The number of fused-ring (bicyclic) bond motifs is 2.